The molecule has 1 aromatic carbocycles. The second-order valence-electron chi connectivity index (χ2n) is 5.24. The fourth-order valence-corrected chi connectivity index (χ4v) is 1.88. The highest BCUT2D eigenvalue weighted by Gasteiger charge is 2.26. The molecule has 0 fully saturated rings. The van der Waals surface area contributed by atoms with Gasteiger partial charge in [0.15, 0.2) is 0 Å². The van der Waals surface area contributed by atoms with Crippen LogP contribution in [0, 0.1) is 8.99 Å². The van der Waals surface area contributed by atoms with Crippen molar-refractivity contribution in [3.63, 3.8) is 0 Å². The third-order valence-corrected chi connectivity index (χ3v) is 3.89. The largest absolute Gasteiger partial charge is 0.462 e. The van der Waals surface area contributed by atoms with Crippen LogP contribution in [0.1, 0.15) is 37.6 Å². The van der Waals surface area contributed by atoms with Crippen molar-refractivity contribution in [2.45, 2.75) is 27.2 Å². The Morgan fingerprint density at radius 2 is 1.86 bits per heavy atom. The molecule has 0 aliphatic heterocycles. The summed E-state index contributed by atoms with van der Waals surface area (Å²) in [7, 11) is 0. The SMILES string of the molecule is CCC(C)(C)C(=O)OCCOC(=O)c1cc(I)ccc1N. The average molecular weight is 405 g/mol. The Morgan fingerprint density at radius 3 is 2.48 bits per heavy atom. The Labute approximate surface area is 138 Å². The summed E-state index contributed by atoms with van der Waals surface area (Å²) in [4.78, 5) is 23.6. The van der Waals surface area contributed by atoms with Crippen LogP contribution in [0.2, 0.25) is 0 Å². The van der Waals surface area contributed by atoms with Crippen LogP contribution in [0.3, 0.4) is 0 Å². The highest BCUT2D eigenvalue weighted by molar-refractivity contribution is 14.1. The van der Waals surface area contributed by atoms with Gasteiger partial charge in [0.05, 0.1) is 11.0 Å². The summed E-state index contributed by atoms with van der Waals surface area (Å²) >= 11 is 2.09. The van der Waals surface area contributed by atoms with Crippen molar-refractivity contribution < 1.29 is 19.1 Å². The molecule has 0 radical (unpaired) electrons. The number of esters is 2. The van der Waals surface area contributed by atoms with Gasteiger partial charge in [-0.2, -0.15) is 0 Å². The molecule has 0 bridgehead atoms. The van der Waals surface area contributed by atoms with Gasteiger partial charge >= 0.3 is 11.9 Å². The summed E-state index contributed by atoms with van der Waals surface area (Å²) in [6, 6.07) is 5.12. The first-order valence-electron chi connectivity index (χ1n) is 6.67. The molecule has 0 saturated heterocycles. The number of anilines is 1. The number of nitrogens with two attached hydrogens (primary N) is 1. The second kappa shape index (κ2) is 7.63. The first kappa shape index (κ1) is 17.7. The van der Waals surface area contributed by atoms with Crippen molar-refractivity contribution in [1.29, 1.82) is 0 Å². The van der Waals surface area contributed by atoms with E-state index in [4.69, 9.17) is 15.2 Å². The highest BCUT2D eigenvalue weighted by atomic mass is 127. The zero-order valence-electron chi connectivity index (χ0n) is 12.4. The quantitative estimate of drug-likeness (QED) is 0.341. The number of rotatable bonds is 6. The zero-order chi connectivity index (χ0) is 16.0. The number of ether oxygens (including phenoxy) is 2. The molecule has 0 aliphatic carbocycles. The molecule has 0 aromatic heterocycles. The summed E-state index contributed by atoms with van der Waals surface area (Å²) in [5, 5.41) is 0. The fraction of sp³-hybridized carbons (Fsp3) is 0.467. The number of carbonyl (C=O) groups excluding carboxylic acids is 2. The Bertz CT molecular complexity index is 528. The highest BCUT2D eigenvalue weighted by Crippen LogP contribution is 2.21. The Hall–Kier alpha value is -1.31. The molecule has 0 atom stereocenters. The van der Waals surface area contributed by atoms with Crippen LogP contribution in [0.15, 0.2) is 18.2 Å². The van der Waals surface area contributed by atoms with Crippen molar-refractivity contribution >= 4 is 40.2 Å². The van der Waals surface area contributed by atoms with Crippen LogP contribution in [-0.2, 0) is 14.3 Å². The van der Waals surface area contributed by atoms with E-state index >= 15 is 0 Å². The molecular formula is C15H20INO4. The van der Waals surface area contributed by atoms with E-state index in [9.17, 15) is 9.59 Å². The lowest BCUT2D eigenvalue weighted by atomic mass is 9.91. The van der Waals surface area contributed by atoms with E-state index in [0.717, 1.165) is 3.57 Å². The molecule has 0 amide bonds. The monoisotopic (exact) mass is 405 g/mol. The van der Waals surface area contributed by atoms with Gasteiger partial charge in [-0.15, -0.1) is 0 Å². The van der Waals surface area contributed by atoms with Gasteiger partial charge in [-0.25, -0.2) is 4.79 Å². The average Bonchev–Trinajstić information content (AvgIpc) is 2.45. The van der Waals surface area contributed by atoms with Crippen molar-refractivity contribution in [3.8, 4) is 0 Å². The van der Waals surface area contributed by atoms with E-state index in [0.29, 0.717) is 17.7 Å². The summed E-state index contributed by atoms with van der Waals surface area (Å²) < 4.78 is 11.0. The Kier molecular flexibility index (Phi) is 6.44. The minimum Gasteiger partial charge on any atom is -0.462 e. The molecule has 0 saturated carbocycles. The van der Waals surface area contributed by atoms with Gasteiger partial charge in [0.2, 0.25) is 0 Å². The van der Waals surface area contributed by atoms with E-state index in [1.54, 1.807) is 18.2 Å². The molecule has 1 rings (SSSR count). The minimum absolute atomic E-state index is 0.00921. The fourth-order valence-electron chi connectivity index (χ4n) is 1.39. The van der Waals surface area contributed by atoms with Gasteiger partial charge < -0.3 is 15.2 Å². The molecule has 0 unspecified atom stereocenters. The van der Waals surface area contributed by atoms with E-state index in [1.807, 2.05) is 20.8 Å². The molecule has 116 valence electrons. The number of halogens is 1. The molecule has 2 N–H and O–H groups in total. The van der Waals surface area contributed by atoms with Crippen molar-refractivity contribution in [1.82, 2.24) is 0 Å². The van der Waals surface area contributed by atoms with Gasteiger partial charge in [0.1, 0.15) is 13.2 Å². The number of hydrogen-bond acceptors (Lipinski definition) is 5. The van der Waals surface area contributed by atoms with Crippen molar-refractivity contribution in [2.75, 3.05) is 18.9 Å². The van der Waals surface area contributed by atoms with Gasteiger partial charge in [0.25, 0.3) is 0 Å². The maximum atomic E-state index is 11.9. The van der Waals surface area contributed by atoms with Gasteiger partial charge in [0, 0.05) is 9.26 Å². The predicted octanol–water partition coefficient (Wildman–Crippen LogP) is 3.01. The third-order valence-electron chi connectivity index (χ3n) is 3.22. The van der Waals surface area contributed by atoms with E-state index in [1.165, 1.54) is 0 Å². The third kappa shape index (κ3) is 5.18. The van der Waals surface area contributed by atoms with Crippen LogP contribution in [0.25, 0.3) is 0 Å². The lowest BCUT2D eigenvalue weighted by Crippen LogP contribution is -2.27. The number of hydrogen-bond donors (Lipinski definition) is 1. The maximum absolute atomic E-state index is 11.9. The summed E-state index contributed by atoms with van der Waals surface area (Å²) in [6.45, 7) is 5.59. The van der Waals surface area contributed by atoms with Crippen molar-refractivity contribution in [3.05, 3.63) is 27.3 Å². The molecule has 0 heterocycles. The smallest absolute Gasteiger partial charge is 0.340 e. The van der Waals surface area contributed by atoms with Crippen molar-refractivity contribution in [2.24, 2.45) is 5.41 Å². The standard InChI is InChI=1S/C15H20INO4/c1-4-15(2,3)14(19)21-8-7-20-13(18)11-9-10(16)5-6-12(11)17/h5-6,9H,4,7-8,17H2,1-3H3. The van der Waals surface area contributed by atoms with Gasteiger partial charge in [-0.05, 0) is 61.1 Å². The molecule has 21 heavy (non-hydrogen) atoms. The Balaban J connectivity index is 2.44. The van der Waals surface area contributed by atoms with Crippen LogP contribution in [-0.4, -0.2) is 25.2 Å². The molecule has 5 nitrogen and oxygen atoms in total. The van der Waals surface area contributed by atoms with E-state index < -0.39 is 11.4 Å². The maximum Gasteiger partial charge on any atom is 0.340 e. The topological polar surface area (TPSA) is 78.6 Å². The molecule has 0 aliphatic rings. The van der Waals surface area contributed by atoms with Crippen LogP contribution < -0.4 is 5.73 Å². The number of carbonyl (C=O) groups is 2. The van der Waals surface area contributed by atoms with E-state index in [2.05, 4.69) is 22.6 Å². The molecular weight excluding hydrogens is 385 g/mol. The molecule has 1 aromatic rings. The van der Waals surface area contributed by atoms with Gasteiger partial charge in [-0.3, -0.25) is 4.79 Å². The minimum atomic E-state index is -0.524. The van der Waals surface area contributed by atoms with Crippen LogP contribution >= 0.6 is 22.6 Å². The Morgan fingerprint density at radius 1 is 1.24 bits per heavy atom. The first-order valence-corrected chi connectivity index (χ1v) is 7.75. The summed E-state index contributed by atoms with van der Waals surface area (Å²) in [5.41, 5.74) is 5.89. The first-order chi connectivity index (χ1) is 9.77. The molecule has 0 spiro atoms. The zero-order valence-corrected chi connectivity index (χ0v) is 14.6. The number of benzene rings is 1. The number of nitrogen functional groups attached to an aromatic ring is 1. The van der Waals surface area contributed by atoms with Crippen LogP contribution in [0.5, 0.6) is 0 Å². The lowest BCUT2D eigenvalue weighted by molar-refractivity contribution is -0.155. The van der Waals surface area contributed by atoms with Crippen LogP contribution in [0.4, 0.5) is 5.69 Å². The second-order valence-corrected chi connectivity index (χ2v) is 6.49. The molecule has 6 heteroatoms. The van der Waals surface area contributed by atoms with Gasteiger partial charge in [-0.1, -0.05) is 6.92 Å². The summed E-state index contributed by atoms with van der Waals surface area (Å²) in [5.74, 6) is -0.813. The van der Waals surface area contributed by atoms with E-state index in [-0.39, 0.29) is 19.2 Å². The summed E-state index contributed by atoms with van der Waals surface area (Å²) in [6.07, 6.45) is 0.685. The normalized spacial score (nSPS) is 11.0. The predicted molar refractivity (Wildman–Crippen MR) is 88.9 cm³/mol. The lowest BCUT2D eigenvalue weighted by Gasteiger charge is -2.20.